The molecule has 1 aromatic rings. The van der Waals surface area contributed by atoms with E-state index in [1.807, 2.05) is 6.92 Å². The van der Waals surface area contributed by atoms with Crippen molar-refractivity contribution in [1.29, 1.82) is 0 Å². The lowest BCUT2D eigenvalue weighted by molar-refractivity contribution is 0.0939. The van der Waals surface area contributed by atoms with Crippen LogP contribution < -0.4 is 5.32 Å². The Hall–Kier alpha value is -1.36. The lowest BCUT2D eigenvalue weighted by Gasteiger charge is -2.13. The van der Waals surface area contributed by atoms with Crippen LogP contribution >= 0.6 is 0 Å². The normalized spacial score (nSPS) is 13.9. The molecular formula is C13H19NO3S. The van der Waals surface area contributed by atoms with E-state index in [1.54, 1.807) is 25.3 Å². The highest BCUT2D eigenvalue weighted by Crippen LogP contribution is 2.17. The van der Waals surface area contributed by atoms with Crippen molar-refractivity contribution in [3.05, 3.63) is 29.3 Å². The maximum atomic E-state index is 11.9. The minimum Gasteiger partial charge on any atom is -0.508 e. The lowest BCUT2D eigenvalue weighted by atomic mass is 10.1. The number of hydrogen-bond donors (Lipinski definition) is 2. The molecule has 0 radical (unpaired) electrons. The Morgan fingerprint density at radius 2 is 2.17 bits per heavy atom. The zero-order chi connectivity index (χ0) is 13.7. The molecule has 18 heavy (non-hydrogen) atoms. The molecule has 2 N–H and O–H groups in total. The Balaban J connectivity index is 2.59. The quantitative estimate of drug-likeness (QED) is 0.853. The van der Waals surface area contributed by atoms with Crippen LogP contribution in [0.3, 0.4) is 0 Å². The molecule has 2 unspecified atom stereocenters. The molecule has 0 saturated heterocycles. The van der Waals surface area contributed by atoms with Crippen LogP contribution in [0.15, 0.2) is 18.2 Å². The lowest BCUT2D eigenvalue weighted by Crippen LogP contribution is -2.33. The second-order valence-corrected chi connectivity index (χ2v) is 6.00. The third-order valence-electron chi connectivity index (χ3n) is 2.69. The molecule has 5 heteroatoms. The summed E-state index contributed by atoms with van der Waals surface area (Å²) in [7, 11) is -0.844. The van der Waals surface area contributed by atoms with E-state index in [9.17, 15) is 14.1 Å². The van der Waals surface area contributed by atoms with Crippen molar-refractivity contribution < 1.29 is 14.1 Å². The molecule has 0 fully saturated rings. The zero-order valence-electron chi connectivity index (χ0n) is 10.9. The first-order chi connectivity index (χ1) is 8.40. The average Bonchev–Trinajstić information content (AvgIpc) is 2.30. The molecule has 1 aromatic carbocycles. The molecule has 0 aliphatic carbocycles. The van der Waals surface area contributed by atoms with E-state index >= 15 is 0 Å². The van der Waals surface area contributed by atoms with Gasteiger partial charge in [0.1, 0.15) is 5.75 Å². The van der Waals surface area contributed by atoms with Gasteiger partial charge >= 0.3 is 0 Å². The fourth-order valence-electron chi connectivity index (χ4n) is 1.47. The van der Waals surface area contributed by atoms with Crippen molar-refractivity contribution in [2.45, 2.75) is 26.3 Å². The van der Waals surface area contributed by atoms with Crippen LogP contribution in [0, 0.1) is 6.92 Å². The largest absolute Gasteiger partial charge is 0.508 e. The number of amides is 1. The topological polar surface area (TPSA) is 66.4 Å². The van der Waals surface area contributed by atoms with Crippen LogP contribution in [0.5, 0.6) is 5.75 Å². The predicted molar refractivity (Wildman–Crippen MR) is 73.3 cm³/mol. The summed E-state index contributed by atoms with van der Waals surface area (Å²) in [6.45, 7) is 3.65. The van der Waals surface area contributed by atoms with Crippen LogP contribution in [0.25, 0.3) is 0 Å². The van der Waals surface area contributed by atoms with Crippen molar-refractivity contribution in [3.8, 4) is 5.75 Å². The molecule has 0 bridgehead atoms. The molecule has 4 nitrogen and oxygen atoms in total. The second-order valence-electron chi connectivity index (χ2n) is 4.44. The summed E-state index contributed by atoms with van der Waals surface area (Å²) < 4.78 is 11.0. The number of aryl methyl sites for hydroxylation is 1. The summed E-state index contributed by atoms with van der Waals surface area (Å²) in [6.07, 6.45) is 2.32. The van der Waals surface area contributed by atoms with Gasteiger partial charge in [-0.05, 0) is 38.0 Å². The van der Waals surface area contributed by atoms with Gasteiger partial charge in [-0.2, -0.15) is 0 Å². The molecule has 100 valence electrons. The van der Waals surface area contributed by atoms with Crippen molar-refractivity contribution in [2.75, 3.05) is 12.0 Å². The Morgan fingerprint density at radius 1 is 1.50 bits per heavy atom. The van der Waals surface area contributed by atoms with Gasteiger partial charge in [0.15, 0.2) is 0 Å². The number of rotatable bonds is 5. The van der Waals surface area contributed by atoms with E-state index in [4.69, 9.17) is 0 Å². The molecule has 0 heterocycles. The van der Waals surface area contributed by atoms with E-state index in [0.717, 1.165) is 5.56 Å². The van der Waals surface area contributed by atoms with Crippen LogP contribution in [0.1, 0.15) is 29.3 Å². The Kier molecular flexibility index (Phi) is 5.34. The molecule has 1 rings (SSSR count). The summed E-state index contributed by atoms with van der Waals surface area (Å²) in [5.41, 5.74) is 1.17. The number of phenols is 1. The molecule has 0 aliphatic heterocycles. The molecule has 2 atom stereocenters. The minimum absolute atomic E-state index is 0.0372. The van der Waals surface area contributed by atoms with Crippen molar-refractivity contribution in [2.24, 2.45) is 0 Å². The van der Waals surface area contributed by atoms with Crippen molar-refractivity contribution >= 4 is 16.7 Å². The van der Waals surface area contributed by atoms with Gasteiger partial charge in [0, 0.05) is 34.4 Å². The summed E-state index contributed by atoms with van der Waals surface area (Å²) >= 11 is 0. The maximum absolute atomic E-state index is 11.9. The van der Waals surface area contributed by atoms with Crippen LogP contribution in [0.2, 0.25) is 0 Å². The third kappa shape index (κ3) is 4.49. The van der Waals surface area contributed by atoms with Gasteiger partial charge in [-0.3, -0.25) is 9.00 Å². The SMILES string of the molecule is Cc1ccc(C(=O)NC(C)CCS(C)=O)cc1O. The van der Waals surface area contributed by atoms with Gasteiger partial charge in [0.2, 0.25) is 0 Å². The monoisotopic (exact) mass is 269 g/mol. The molecule has 1 amide bonds. The average molecular weight is 269 g/mol. The first-order valence-electron chi connectivity index (χ1n) is 5.80. The highest BCUT2D eigenvalue weighted by molar-refractivity contribution is 7.84. The highest BCUT2D eigenvalue weighted by atomic mass is 32.2. The molecular weight excluding hydrogens is 250 g/mol. The van der Waals surface area contributed by atoms with Gasteiger partial charge in [-0.1, -0.05) is 6.07 Å². The van der Waals surface area contributed by atoms with Crippen LogP contribution in [-0.2, 0) is 10.8 Å². The van der Waals surface area contributed by atoms with Crippen LogP contribution in [0.4, 0.5) is 0 Å². The molecule has 0 aromatic heterocycles. The third-order valence-corrected chi connectivity index (χ3v) is 3.50. The number of hydrogen-bond acceptors (Lipinski definition) is 3. The molecule has 0 aliphatic rings. The zero-order valence-corrected chi connectivity index (χ0v) is 11.7. The van der Waals surface area contributed by atoms with E-state index < -0.39 is 10.8 Å². The number of phenolic OH excluding ortho intramolecular Hbond substituents is 1. The minimum atomic E-state index is -0.844. The van der Waals surface area contributed by atoms with E-state index in [0.29, 0.717) is 17.7 Å². The van der Waals surface area contributed by atoms with E-state index in [-0.39, 0.29) is 17.7 Å². The second kappa shape index (κ2) is 6.54. The van der Waals surface area contributed by atoms with Crippen molar-refractivity contribution in [3.63, 3.8) is 0 Å². The summed E-state index contributed by atoms with van der Waals surface area (Å²) in [5.74, 6) is 0.463. The van der Waals surface area contributed by atoms with Crippen LogP contribution in [-0.4, -0.2) is 33.3 Å². The number of carbonyl (C=O) groups excluding carboxylic acids is 1. The number of carbonyl (C=O) groups is 1. The van der Waals surface area contributed by atoms with Gasteiger partial charge in [0.25, 0.3) is 5.91 Å². The van der Waals surface area contributed by atoms with Gasteiger partial charge in [-0.25, -0.2) is 0 Å². The summed E-state index contributed by atoms with van der Waals surface area (Å²) in [4.78, 5) is 11.9. The van der Waals surface area contributed by atoms with E-state index in [1.165, 1.54) is 6.07 Å². The van der Waals surface area contributed by atoms with Gasteiger partial charge in [0.05, 0.1) is 0 Å². The predicted octanol–water partition coefficient (Wildman–Crippen LogP) is 1.59. The standard InChI is InChI=1S/C13H19NO3S/c1-9-4-5-11(8-12(9)15)13(16)14-10(2)6-7-18(3)17/h4-5,8,10,15H,6-7H2,1-3H3,(H,14,16). The summed E-state index contributed by atoms with van der Waals surface area (Å²) in [5, 5.41) is 12.4. The van der Waals surface area contributed by atoms with Gasteiger partial charge < -0.3 is 10.4 Å². The molecule has 0 saturated carbocycles. The maximum Gasteiger partial charge on any atom is 0.251 e. The Bertz CT molecular complexity index is 460. The fraction of sp³-hybridized carbons (Fsp3) is 0.462. The number of nitrogens with one attached hydrogen (secondary N) is 1. The van der Waals surface area contributed by atoms with Crippen molar-refractivity contribution in [1.82, 2.24) is 5.32 Å². The Morgan fingerprint density at radius 3 is 2.72 bits per heavy atom. The Labute approximate surface area is 110 Å². The number of benzene rings is 1. The van der Waals surface area contributed by atoms with E-state index in [2.05, 4.69) is 5.32 Å². The first-order valence-corrected chi connectivity index (χ1v) is 7.53. The fourth-order valence-corrected chi connectivity index (χ4v) is 2.16. The first kappa shape index (κ1) is 14.7. The number of aromatic hydroxyl groups is 1. The smallest absolute Gasteiger partial charge is 0.251 e. The highest BCUT2D eigenvalue weighted by Gasteiger charge is 2.11. The van der Waals surface area contributed by atoms with Gasteiger partial charge in [-0.15, -0.1) is 0 Å². The molecule has 0 spiro atoms. The summed E-state index contributed by atoms with van der Waals surface area (Å²) in [6, 6.07) is 4.80.